The Balaban J connectivity index is 2.30. The third-order valence-corrected chi connectivity index (χ3v) is 1.89. The Morgan fingerprint density at radius 3 is 2.25 bits per heavy atom. The molecule has 0 unspecified atom stereocenters. The van der Waals surface area contributed by atoms with E-state index in [2.05, 4.69) is 42.9 Å². The Bertz CT molecular complexity index is 172. The predicted octanol–water partition coefficient (Wildman–Crippen LogP) is 3.82. The highest BCUT2D eigenvalue weighted by atomic mass is 13.9. The average molecular weight is 161 g/mol. The van der Waals surface area contributed by atoms with Crippen LogP contribution in [-0.4, -0.2) is 0 Å². The summed E-state index contributed by atoms with van der Waals surface area (Å²) in [4.78, 5) is 0. The number of hydrogen-bond donors (Lipinski definition) is 0. The molecule has 1 aliphatic rings. The molecule has 0 atom stereocenters. The Kier molecular flexibility index (Phi) is 5.35. The Morgan fingerprint density at radius 2 is 1.42 bits per heavy atom. The van der Waals surface area contributed by atoms with Crippen LogP contribution in [0.25, 0.3) is 0 Å². The van der Waals surface area contributed by atoms with Gasteiger partial charge < -0.3 is 0 Å². The first-order valence-electron chi connectivity index (χ1n) is 4.78. The van der Waals surface area contributed by atoms with Crippen LogP contribution in [0.2, 0.25) is 0 Å². The lowest BCUT2D eigenvalue weighted by molar-refractivity contribution is 0.863. The van der Waals surface area contributed by atoms with Gasteiger partial charge in [-0.2, -0.15) is 0 Å². The normalized spacial score (nSPS) is 28.0. The van der Waals surface area contributed by atoms with Crippen molar-refractivity contribution < 1.29 is 0 Å². The molecule has 0 heteroatoms. The highest BCUT2D eigenvalue weighted by Crippen LogP contribution is 2.02. The summed E-state index contributed by atoms with van der Waals surface area (Å²) < 4.78 is 0. The van der Waals surface area contributed by atoms with E-state index in [1.54, 1.807) is 0 Å². The standard InChI is InChI=1S/C12H17/c1-2-4-6-8-10-12-11-9-7-5-3-1/h1-3,6-9H,4-5,10-12H2/b2-1+,8-6+,9-7+. The summed E-state index contributed by atoms with van der Waals surface area (Å²) in [7, 11) is 0. The van der Waals surface area contributed by atoms with E-state index in [0.29, 0.717) is 0 Å². The molecular formula is C12H17. The van der Waals surface area contributed by atoms with Crippen molar-refractivity contribution in [3.63, 3.8) is 0 Å². The maximum atomic E-state index is 2.28. The van der Waals surface area contributed by atoms with Gasteiger partial charge in [0.05, 0.1) is 0 Å². The summed E-state index contributed by atoms with van der Waals surface area (Å²) in [6.45, 7) is 0. The van der Waals surface area contributed by atoms with Crippen LogP contribution in [0.15, 0.2) is 36.5 Å². The van der Waals surface area contributed by atoms with Gasteiger partial charge in [0.1, 0.15) is 0 Å². The molecule has 0 heterocycles. The largest absolute Gasteiger partial charge is 0.0885 e. The highest BCUT2D eigenvalue weighted by Gasteiger charge is 1.83. The van der Waals surface area contributed by atoms with Gasteiger partial charge in [0.15, 0.2) is 0 Å². The van der Waals surface area contributed by atoms with Crippen LogP contribution in [0, 0.1) is 6.42 Å². The van der Waals surface area contributed by atoms with Gasteiger partial charge in [-0.1, -0.05) is 36.5 Å². The second kappa shape index (κ2) is 6.90. The zero-order valence-corrected chi connectivity index (χ0v) is 7.58. The maximum Gasteiger partial charge on any atom is -0.0133 e. The molecule has 0 aromatic heterocycles. The first kappa shape index (κ1) is 9.31. The monoisotopic (exact) mass is 161 g/mol. The SMILES string of the molecule is [CH]1/C=C/C/C=C/CCC/C=C/C1. The highest BCUT2D eigenvalue weighted by molar-refractivity contribution is 5.03. The Hall–Kier alpha value is -0.780. The molecule has 0 saturated heterocycles. The van der Waals surface area contributed by atoms with E-state index in [9.17, 15) is 0 Å². The first-order valence-corrected chi connectivity index (χ1v) is 4.78. The fraction of sp³-hybridized carbons (Fsp3) is 0.417. The molecule has 0 aromatic carbocycles. The van der Waals surface area contributed by atoms with Gasteiger partial charge in [-0.15, -0.1) is 0 Å². The van der Waals surface area contributed by atoms with Crippen LogP contribution >= 0.6 is 0 Å². The second-order valence-corrected chi connectivity index (χ2v) is 3.01. The van der Waals surface area contributed by atoms with E-state index in [-0.39, 0.29) is 0 Å². The van der Waals surface area contributed by atoms with Crippen molar-refractivity contribution in [1.82, 2.24) is 0 Å². The van der Waals surface area contributed by atoms with Crippen molar-refractivity contribution in [2.45, 2.75) is 32.1 Å². The summed E-state index contributed by atoms with van der Waals surface area (Å²) in [5, 5.41) is 0. The molecule has 1 aliphatic carbocycles. The summed E-state index contributed by atoms with van der Waals surface area (Å²) >= 11 is 0. The molecule has 65 valence electrons. The minimum atomic E-state index is 1.08. The molecule has 1 rings (SSSR count). The zero-order valence-electron chi connectivity index (χ0n) is 7.58. The minimum absolute atomic E-state index is 1.08. The first-order chi connectivity index (χ1) is 6.00. The molecule has 0 saturated carbocycles. The number of hydrogen-bond acceptors (Lipinski definition) is 0. The summed E-state index contributed by atoms with van der Waals surface area (Å²) in [5.41, 5.74) is 0. The lowest BCUT2D eigenvalue weighted by Gasteiger charge is -1.92. The molecule has 12 heavy (non-hydrogen) atoms. The van der Waals surface area contributed by atoms with Gasteiger partial charge >= 0.3 is 0 Å². The molecule has 0 amide bonds. The second-order valence-electron chi connectivity index (χ2n) is 3.01. The lowest BCUT2D eigenvalue weighted by atomic mass is 10.1. The van der Waals surface area contributed by atoms with Crippen molar-refractivity contribution >= 4 is 0 Å². The Labute approximate surface area is 75.7 Å². The maximum absolute atomic E-state index is 2.28. The van der Waals surface area contributed by atoms with Gasteiger partial charge in [0, 0.05) is 0 Å². The third-order valence-electron chi connectivity index (χ3n) is 1.89. The van der Waals surface area contributed by atoms with Gasteiger partial charge in [0.25, 0.3) is 0 Å². The molecular weight excluding hydrogens is 144 g/mol. The molecule has 0 aliphatic heterocycles. The molecule has 0 fully saturated rings. The average Bonchev–Trinajstić information content (AvgIpc) is 2.05. The molecule has 0 bridgehead atoms. The van der Waals surface area contributed by atoms with Crippen molar-refractivity contribution in [3.8, 4) is 0 Å². The molecule has 1 radical (unpaired) electrons. The minimum Gasteiger partial charge on any atom is -0.0885 e. The summed E-state index contributed by atoms with van der Waals surface area (Å²) in [5.74, 6) is 0. The van der Waals surface area contributed by atoms with E-state index in [1.165, 1.54) is 19.3 Å². The topological polar surface area (TPSA) is 0 Å². The molecule has 0 spiro atoms. The van der Waals surface area contributed by atoms with Crippen LogP contribution in [0.4, 0.5) is 0 Å². The Morgan fingerprint density at radius 1 is 0.667 bits per heavy atom. The van der Waals surface area contributed by atoms with Crippen molar-refractivity contribution in [3.05, 3.63) is 42.9 Å². The predicted molar refractivity (Wildman–Crippen MR) is 54.8 cm³/mol. The smallest absolute Gasteiger partial charge is 0.0133 e. The van der Waals surface area contributed by atoms with E-state index < -0.39 is 0 Å². The molecule has 0 N–H and O–H groups in total. The van der Waals surface area contributed by atoms with Gasteiger partial charge in [0.2, 0.25) is 0 Å². The fourth-order valence-electron chi connectivity index (χ4n) is 1.19. The van der Waals surface area contributed by atoms with Crippen LogP contribution in [0.3, 0.4) is 0 Å². The fourth-order valence-corrected chi connectivity index (χ4v) is 1.19. The van der Waals surface area contributed by atoms with Crippen molar-refractivity contribution in [2.75, 3.05) is 0 Å². The van der Waals surface area contributed by atoms with Crippen LogP contribution in [0.1, 0.15) is 32.1 Å². The van der Waals surface area contributed by atoms with Crippen LogP contribution in [0.5, 0.6) is 0 Å². The van der Waals surface area contributed by atoms with Gasteiger partial charge in [-0.3, -0.25) is 0 Å². The number of rotatable bonds is 0. The van der Waals surface area contributed by atoms with E-state index in [4.69, 9.17) is 0 Å². The van der Waals surface area contributed by atoms with Crippen LogP contribution < -0.4 is 0 Å². The summed E-state index contributed by atoms with van der Waals surface area (Å²) in [6, 6.07) is 0. The summed E-state index contributed by atoms with van der Waals surface area (Å²) in [6.07, 6.45) is 21.5. The number of allylic oxidation sites excluding steroid dienone is 6. The molecule has 0 aromatic rings. The van der Waals surface area contributed by atoms with E-state index >= 15 is 0 Å². The zero-order chi connectivity index (χ0) is 8.49. The quantitative estimate of drug-likeness (QED) is 0.474. The van der Waals surface area contributed by atoms with Gasteiger partial charge in [-0.25, -0.2) is 0 Å². The van der Waals surface area contributed by atoms with Crippen molar-refractivity contribution in [1.29, 1.82) is 0 Å². The lowest BCUT2D eigenvalue weighted by Crippen LogP contribution is -1.73. The van der Waals surface area contributed by atoms with Crippen LogP contribution in [-0.2, 0) is 0 Å². The van der Waals surface area contributed by atoms with E-state index in [0.717, 1.165) is 12.8 Å². The third kappa shape index (κ3) is 4.95. The van der Waals surface area contributed by atoms with Gasteiger partial charge in [-0.05, 0) is 38.5 Å². The molecule has 0 nitrogen and oxygen atoms in total. The van der Waals surface area contributed by atoms with Crippen molar-refractivity contribution in [2.24, 2.45) is 0 Å². The van der Waals surface area contributed by atoms with E-state index in [1.807, 2.05) is 0 Å².